The van der Waals surface area contributed by atoms with Crippen molar-refractivity contribution in [1.82, 2.24) is 19.9 Å². The zero-order chi connectivity index (χ0) is 23.2. The Morgan fingerprint density at radius 1 is 0.824 bits per heavy atom. The van der Waals surface area contributed by atoms with Gasteiger partial charge in [0, 0.05) is 51.0 Å². The van der Waals surface area contributed by atoms with Crippen LogP contribution in [0.15, 0.2) is 48.7 Å². The van der Waals surface area contributed by atoms with Crippen LogP contribution in [0.5, 0.6) is 5.75 Å². The molecule has 2 saturated heterocycles. The Balaban J connectivity index is 1.45. The average Bonchev–Trinajstić information content (AvgIpc) is 3.16. The standard InChI is InChI=1S/C25H31N7O2/c1-2-34-21-8-5-7-20(19-21)23-27-24(29-25(28-23)32-15-17-33-18-16-32)31-12-6-11-30(13-14-31)22-9-3-4-10-26-22/h3-5,7-10,19H,2,6,11-18H2,1H3. The van der Waals surface area contributed by atoms with E-state index in [0.29, 0.717) is 31.6 Å². The van der Waals surface area contributed by atoms with Crippen LogP contribution in [-0.2, 0) is 4.74 Å². The maximum Gasteiger partial charge on any atom is 0.230 e. The van der Waals surface area contributed by atoms with E-state index in [1.54, 1.807) is 0 Å². The van der Waals surface area contributed by atoms with E-state index in [2.05, 4.69) is 25.8 Å². The van der Waals surface area contributed by atoms with Gasteiger partial charge in [0.2, 0.25) is 11.9 Å². The average molecular weight is 462 g/mol. The number of benzene rings is 1. The Labute approximate surface area is 200 Å². The first kappa shape index (κ1) is 22.3. The number of hydrogen-bond acceptors (Lipinski definition) is 9. The van der Waals surface area contributed by atoms with Gasteiger partial charge in [0.05, 0.1) is 19.8 Å². The minimum Gasteiger partial charge on any atom is -0.494 e. The van der Waals surface area contributed by atoms with E-state index < -0.39 is 0 Å². The molecule has 9 nitrogen and oxygen atoms in total. The molecule has 2 aliphatic heterocycles. The summed E-state index contributed by atoms with van der Waals surface area (Å²) in [6.45, 7) is 9.03. The molecule has 0 atom stereocenters. The van der Waals surface area contributed by atoms with Crippen molar-refractivity contribution in [2.75, 3.05) is 73.8 Å². The number of rotatable bonds is 6. The third-order valence-corrected chi connectivity index (χ3v) is 6.06. The van der Waals surface area contributed by atoms with Gasteiger partial charge in [-0.05, 0) is 37.6 Å². The fourth-order valence-electron chi connectivity index (χ4n) is 4.31. The summed E-state index contributed by atoms with van der Waals surface area (Å²) < 4.78 is 11.3. The molecule has 2 aliphatic rings. The van der Waals surface area contributed by atoms with Crippen molar-refractivity contribution < 1.29 is 9.47 Å². The van der Waals surface area contributed by atoms with Crippen LogP contribution in [0.25, 0.3) is 11.4 Å². The fraction of sp³-hybridized carbons (Fsp3) is 0.440. The molecule has 34 heavy (non-hydrogen) atoms. The third-order valence-electron chi connectivity index (χ3n) is 6.06. The minimum atomic E-state index is 0.617. The second-order valence-electron chi connectivity index (χ2n) is 8.33. The smallest absolute Gasteiger partial charge is 0.230 e. The van der Waals surface area contributed by atoms with Crippen molar-refractivity contribution in [3.05, 3.63) is 48.7 Å². The number of hydrogen-bond donors (Lipinski definition) is 0. The Morgan fingerprint density at radius 3 is 2.35 bits per heavy atom. The van der Waals surface area contributed by atoms with Gasteiger partial charge in [-0.1, -0.05) is 18.2 Å². The first-order valence-corrected chi connectivity index (χ1v) is 12.0. The Hall–Kier alpha value is -3.46. The third kappa shape index (κ3) is 5.20. The number of ether oxygens (including phenoxy) is 2. The summed E-state index contributed by atoms with van der Waals surface area (Å²) in [5.41, 5.74) is 0.925. The van der Waals surface area contributed by atoms with Gasteiger partial charge < -0.3 is 24.2 Å². The van der Waals surface area contributed by atoms with Gasteiger partial charge in [-0.15, -0.1) is 0 Å². The lowest BCUT2D eigenvalue weighted by Gasteiger charge is -2.28. The van der Waals surface area contributed by atoms with E-state index in [-0.39, 0.29) is 0 Å². The van der Waals surface area contributed by atoms with Crippen LogP contribution in [0, 0.1) is 0 Å². The predicted octanol–water partition coefficient (Wildman–Crippen LogP) is 2.89. The summed E-state index contributed by atoms with van der Waals surface area (Å²) in [5.74, 6) is 3.92. The van der Waals surface area contributed by atoms with Crippen molar-refractivity contribution in [1.29, 1.82) is 0 Å². The highest BCUT2D eigenvalue weighted by Crippen LogP contribution is 2.26. The van der Waals surface area contributed by atoms with E-state index in [4.69, 9.17) is 24.4 Å². The monoisotopic (exact) mass is 461 g/mol. The van der Waals surface area contributed by atoms with Gasteiger partial charge >= 0.3 is 0 Å². The number of anilines is 3. The molecule has 1 aromatic carbocycles. The van der Waals surface area contributed by atoms with E-state index in [9.17, 15) is 0 Å². The fourth-order valence-corrected chi connectivity index (χ4v) is 4.31. The molecule has 4 heterocycles. The van der Waals surface area contributed by atoms with Gasteiger partial charge in [0.15, 0.2) is 5.82 Å². The van der Waals surface area contributed by atoms with Gasteiger partial charge in [-0.3, -0.25) is 0 Å². The van der Waals surface area contributed by atoms with Gasteiger partial charge in [-0.2, -0.15) is 15.0 Å². The zero-order valence-corrected chi connectivity index (χ0v) is 19.6. The molecule has 0 unspecified atom stereocenters. The van der Waals surface area contributed by atoms with Crippen LogP contribution in [0.4, 0.5) is 17.7 Å². The molecule has 9 heteroatoms. The number of aromatic nitrogens is 4. The second kappa shape index (κ2) is 10.6. The largest absolute Gasteiger partial charge is 0.494 e. The normalized spacial score (nSPS) is 16.9. The SMILES string of the molecule is CCOc1cccc(-c2nc(N3CCOCC3)nc(N3CCCN(c4ccccn4)CC3)n2)c1. The maximum atomic E-state index is 5.71. The lowest BCUT2D eigenvalue weighted by atomic mass is 10.2. The molecule has 5 rings (SSSR count). The lowest BCUT2D eigenvalue weighted by Crippen LogP contribution is -2.38. The molecule has 0 N–H and O–H groups in total. The van der Waals surface area contributed by atoms with Crippen LogP contribution in [0.1, 0.15) is 13.3 Å². The Bertz CT molecular complexity index is 1080. The van der Waals surface area contributed by atoms with Crippen LogP contribution >= 0.6 is 0 Å². The highest BCUT2D eigenvalue weighted by atomic mass is 16.5. The molecule has 0 aliphatic carbocycles. The molecular weight excluding hydrogens is 430 g/mol. The van der Waals surface area contributed by atoms with Gasteiger partial charge in [0.1, 0.15) is 11.6 Å². The summed E-state index contributed by atoms with van der Waals surface area (Å²) in [4.78, 5) is 26.0. The van der Waals surface area contributed by atoms with Crippen molar-refractivity contribution in [3.63, 3.8) is 0 Å². The summed E-state index contributed by atoms with van der Waals surface area (Å²) in [6.07, 6.45) is 2.85. The second-order valence-corrected chi connectivity index (χ2v) is 8.33. The maximum absolute atomic E-state index is 5.71. The van der Waals surface area contributed by atoms with Crippen LogP contribution in [0.2, 0.25) is 0 Å². The molecular formula is C25H31N7O2. The Kier molecular flexibility index (Phi) is 6.99. The highest BCUT2D eigenvalue weighted by molar-refractivity contribution is 5.61. The molecule has 0 bridgehead atoms. The van der Waals surface area contributed by atoms with Crippen molar-refractivity contribution in [3.8, 4) is 17.1 Å². The summed E-state index contributed by atoms with van der Waals surface area (Å²) >= 11 is 0. The summed E-state index contributed by atoms with van der Waals surface area (Å²) in [5, 5.41) is 0. The summed E-state index contributed by atoms with van der Waals surface area (Å²) in [7, 11) is 0. The quantitative estimate of drug-likeness (QED) is 0.550. The van der Waals surface area contributed by atoms with Gasteiger partial charge in [0.25, 0.3) is 0 Å². The van der Waals surface area contributed by atoms with Crippen molar-refractivity contribution >= 4 is 17.7 Å². The topological polar surface area (TPSA) is 79.7 Å². The summed E-state index contributed by atoms with van der Waals surface area (Å²) in [6, 6.07) is 14.0. The first-order chi connectivity index (χ1) is 16.8. The van der Waals surface area contributed by atoms with Crippen molar-refractivity contribution in [2.24, 2.45) is 0 Å². The van der Waals surface area contributed by atoms with E-state index in [1.165, 1.54) is 0 Å². The first-order valence-electron chi connectivity index (χ1n) is 12.0. The zero-order valence-electron chi connectivity index (χ0n) is 19.6. The molecule has 2 aromatic heterocycles. The molecule has 0 radical (unpaired) electrons. The lowest BCUT2D eigenvalue weighted by molar-refractivity contribution is 0.122. The minimum absolute atomic E-state index is 0.617. The van der Waals surface area contributed by atoms with Gasteiger partial charge in [-0.25, -0.2) is 4.98 Å². The molecule has 3 aromatic rings. The highest BCUT2D eigenvalue weighted by Gasteiger charge is 2.22. The van der Waals surface area contributed by atoms with E-state index in [0.717, 1.165) is 68.8 Å². The van der Waals surface area contributed by atoms with E-state index >= 15 is 0 Å². The van der Waals surface area contributed by atoms with Crippen LogP contribution in [0.3, 0.4) is 0 Å². The molecule has 2 fully saturated rings. The number of nitrogens with zero attached hydrogens (tertiary/aromatic N) is 7. The van der Waals surface area contributed by atoms with Crippen LogP contribution < -0.4 is 19.4 Å². The Morgan fingerprint density at radius 2 is 1.59 bits per heavy atom. The number of pyridine rings is 1. The van der Waals surface area contributed by atoms with Crippen molar-refractivity contribution in [2.45, 2.75) is 13.3 Å². The van der Waals surface area contributed by atoms with E-state index in [1.807, 2.05) is 49.5 Å². The number of morpholine rings is 1. The molecule has 0 saturated carbocycles. The molecule has 178 valence electrons. The molecule has 0 amide bonds. The predicted molar refractivity (Wildman–Crippen MR) is 133 cm³/mol. The van der Waals surface area contributed by atoms with Crippen LogP contribution in [-0.4, -0.2) is 79.0 Å². The molecule has 0 spiro atoms.